The zero-order valence-electron chi connectivity index (χ0n) is 11.6. The fourth-order valence-corrected chi connectivity index (χ4v) is 2.11. The molecule has 0 aliphatic carbocycles. The van der Waals surface area contributed by atoms with Crippen molar-refractivity contribution in [2.45, 2.75) is 26.3 Å². The predicted molar refractivity (Wildman–Crippen MR) is 74.6 cm³/mol. The third kappa shape index (κ3) is 3.14. The van der Waals surface area contributed by atoms with Gasteiger partial charge in [0.25, 0.3) is 0 Å². The second kappa shape index (κ2) is 6.18. The van der Waals surface area contributed by atoms with E-state index in [4.69, 9.17) is 0 Å². The number of imidazole rings is 1. The van der Waals surface area contributed by atoms with Gasteiger partial charge in [-0.15, -0.1) is 0 Å². The Morgan fingerprint density at radius 1 is 1.45 bits per heavy atom. The number of nitrogens with one attached hydrogen (secondary N) is 1. The van der Waals surface area contributed by atoms with E-state index in [1.807, 2.05) is 10.8 Å². The number of rotatable bonds is 7. The molecular formula is C12H18N6O2. The molecule has 1 N–H and O–H groups in total. The van der Waals surface area contributed by atoms with Crippen molar-refractivity contribution in [3.8, 4) is 0 Å². The smallest absolute Gasteiger partial charge is 0.333 e. The zero-order chi connectivity index (χ0) is 14.5. The quantitative estimate of drug-likeness (QED) is 0.473. The summed E-state index contributed by atoms with van der Waals surface area (Å²) in [4.78, 5) is 14.6. The molecule has 8 nitrogen and oxygen atoms in total. The van der Waals surface area contributed by atoms with Crippen molar-refractivity contribution in [1.29, 1.82) is 0 Å². The van der Waals surface area contributed by atoms with Crippen molar-refractivity contribution in [3.05, 3.63) is 34.5 Å². The van der Waals surface area contributed by atoms with E-state index in [9.17, 15) is 10.1 Å². The Morgan fingerprint density at radius 3 is 2.90 bits per heavy atom. The molecule has 0 amide bonds. The van der Waals surface area contributed by atoms with Crippen LogP contribution < -0.4 is 5.32 Å². The van der Waals surface area contributed by atoms with Crippen LogP contribution in [0.15, 0.2) is 18.7 Å². The second-order valence-electron chi connectivity index (χ2n) is 4.60. The Balaban J connectivity index is 1.83. The first-order chi connectivity index (χ1) is 9.59. The molecule has 8 heteroatoms. The molecular weight excluding hydrogens is 260 g/mol. The normalized spacial score (nSPS) is 10.7. The fraction of sp³-hybridized carbons (Fsp3) is 0.500. The average Bonchev–Trinajstić information content (AvgIpc) is 2.97. The van der Waals surface area contributed by atoms with Gasteiger partial charge in [-0.05, 0) is 19.8 Å². The highest BCUT2D eigenvalue weighted by atomic mass is 16.6. The van der Waals surface area contributed by atoms with Gasteiger partial charge in [0.1, 0.15) is 5.69 Å². The summed E-state index contributed by atoms with van der Waals surface area (Å²) in [6.45, 7) is 3.21. The van der Waals surface area contributed by atoms with Crippen LogP contribution in [0.25, 0.3) is 0 Å². The molecule has 0 radical (unpaired) electrons. The number of nitrogens with zero attached hydrogens (tertiary/aromatic N) is 5. The molecule has 0 saturated heterocycles. The molecule has 0 aliphatic rings. The van der Waals surface area contributed by atoms with Gasteiger partial charge in [-0.2, -0.15) is 5.10 Å². The Morgan fingerprint density at radius 2 is 2.25 bits per heavy atom. The lowest BCUT2D eigenvalue weighted by molar-refractivity contribution is -0.384. The van der Waals surface area contributed by atoms with E-state index in [0.29, 0.717) is 18.1 Å². The molecule has 0 spiro atoms. The largest absolute Gasteiger partial charge is 0.365 e. The molecule has 0 saturated carbocycles. The van der Waals surface area contributed by atoms with Gasteiger partial charge in [-0.1, -0.05) is 0 Å². The first-order valence-corrected chi connectivity index (χ1v) is 6.47. The van der Waals surface area contributed by atoms with E-state index in [1.54, 1.807) is 26.5 Å². The van der Waals surface area contributed by atoms with Gasteiger partial charge in [0.15, 0.2) is 0 Å². The van der Waals surface area contributed by atoms with Crippen molar-refractivity contribution in [2.75, 3.05) is 11.9 Å². The summed E-state index contributed by atoms with van der Waals surface area (Å²) in [5.41, 5.74) is 0.487. The van der Waals surface area contributed by atoms with E-state index in [1.165, 1.54) is 4.68 Å². The minimum absolute atomic E-state index is 0.0575. The molecule has 0 aliphatic heterocycles. The average molecular weight is 278 g/mol. The lowest BCUT2D eigenvalue weighted by Crippen LogP contribution is -2.08. The van der Waals surface area contributed by atoms with Crippen LogP contribution in [-0.4, -0.2) is 30.8 Å². The minimum Gasteiger partial charge on any atom is -0.365 e. The number of anilines is 1. The Labute approximate surface area is 116 Å². The van der Waals surface area contributed by atoms with Crippen LogP contribution in [0.4, 0.5) is 11.5 Å². The van der Waals surface area contributed by atoms with Gasteiger partial charge in [0, 0.05) is 32.5 Å². The van der Waals surface area contributed by atoms with Gasteiger partial charge in [-0.3, -0.25) is 10.1 Å². The topological polar surface area (TPSA) is 90.8 Å². The van der Waals surface area contributed by atoms with E-state index >= 15 is 0 Å². The van der Waals surface area contributed by atoms with Crippen LogP contribution in [0.3, 0.4) is 0 Å². The molecule has 2 aromatic rings. The van der Waals surface area contributed by atoms with Crippen LogP contribution in [0, 0.1) is 17.0 Å². The van der Waals surface area contributed by atoms with E-state index < -0.39 is 4.92 Å². The standard InChI is InChI=1S/C12H18N6O2/c1-10-11(18(19)20)12(16(2)15-10)14-5-3-4-7-17-8-6-13-9-17/h6,8-9,14H,3-5,7H2,1-2H3. The number of hydrogen-bond donors (Lipinski definition) is 1. The molecule has 0 fully saturated rings. The number of unbranched alkanes of at least 4 members (excludes halogenated alkanes) is 1. The second-order valence-corrected chi connectivity index (χ2v) is 4.60. The summed E-state index contributed by atoms with van der Waals surface area (Å²) in [7, 11) is 1.70. The van der Waals surface area contributed by atoms with Gasteiger partial charge >= 0.3 is 5.69 Å². The lowest BCUT2D eigenvalue weighted by Gasteiger charge is -2.06. The molecule has 0 unspecified atom stereocenters. The highest BCUT2D eigenvalue weighted by Gasteiger charge is 2.23. The molecule has 2 rings (SSSR count). The zero-order valence-corrected chi connectivity index (χ0v) is 11.6. The van der Waals surface area contributed by atoms with Gasteiger partial charge in [0.05, 0.1) is 11.3 Å². The van der Waals surface area contributed by atoms with Crippen LogP contribution >= 0.6 is 0 Å². The molecule has 0 bridgehead atoms. The van der Waals surface area contributed by atoms with Crippen molar-refractivity contribution < 1.29 is 4.92 Å². The lowest BCUT2D eigenvalue weighted by atomic mass is 10.3. The summed E-state index contributed by atoms with van der Waals surface area (Å²) >= 11 is 0. The monoisotopic (exact) mass is 278 g/mol. The third-order valence-corrected chi connectivity index (χ3v) is 3.07. The van der Waals surface area contributed by atoms with Crippen molar-refractivity contribution in [2.24, 2.45) is 7.05 Å². The van der Waals surface area contributed by atoms with E-state index in [2.05, 4.69) is 15.4 Å². The molecule has 0 atom stereocenters. The summed E-state index contributed by atoms with van der Waals surface area (Å²) in [5.74, 6) is 0.468. The number of hydrogen-bond acceptors (Lipinski definition) is 5. The van der Waals surface area contributed by atoms with Gasteiger partial charge < -0.3 is 9.88 Å². The summed E-state index contributed by atoms with van der Waals surface area (Å²) in [6, 6.07) is 0. The van der Waals surface area contributed by atoms with E-state index in [-0.39, 0.29) is 5.69 Å². The maximum Gasteiger partial charge on any atom is 0.333 e. The van der Waals surface area contributed by atoms with Crippen LogP contribution in [-0.2, 0) is 13.6 Å². The predicted octanol–water partition coefficient (Wildman–Crippen LogP) is 1.73. The number of aryl methyl sites for hydroxylation is 3. The van der Waals surface area contributed by atoms with Crippen molar-refractivity contribution in [3.63, 3.8) is 0 Å². The first kappa shape index (κ1) is 14.0. The fourth-order valence-electron chi connectivity index (χ4n) is 2.11. The summed E-state index contributed by atoms with van der Waals surface area (Å²) in [6.07, 6.45) is 7.35. The molecule has 20 heavy (non-hydrogen) atoms. The Hall–Kier alpha value is -2.38. The van der Waals surface area contributed by atoms with Gasteiger partial charge in [0.2, 0.25) is 5.82 Å². The number of nitro groups is 1. The molecule has 2 aromatic heterocycles. The minimum atomic E-state index is -0.393. The summed E-state index contributed by atoms with van der Waals surface area (Å²) < 4.78 is 3.53. The Bertz CT molecular complexity index is 575. The Kier molecular flexibility index (Phi) is 4.34. The highest BCUT2D eigenvalue weighted by molar-refractivity contribution is 5.59. The molecule has 0 aromatic carbocycles. The number of aromatic nitrogens is 4. The van der Waals surface area contributed by atoms with Gasteiger partial charge in [-0.25, -0.2) is 9.67 Å². The van der Waals surface area contributed by atoms with Crippen LogP contribution in [0.1, 0.15) is 18.5 Å². The van der Waals surface area contributed by atoms with Crippen LogP contribution in [0.2, 0.25) is 0 Å². The van der Waals surface area contributed by atoms with Crippen molar-refractivity contribution >= 4 is 11.5 Å². The maximum absolute atomic E-state index is 11.0. The summed E-state index contributed by atoms with van der Waals surface area (Å²) in [5, 5.41) is 18.2. The SMILES string of the molecule is Cc1nn(C)c(NCCCCn2ccnc2)c1[N+](=O)[O-]. The molecule has 108 valence electrons. The molecule has 2 heterocycles. The highest BCUT2D eigenvalue weighted by Crippen LogP contribution is 2.27. The van der Waals surface area contributed by atoms with E-state index in [0.717, 1.165) is 19.4 Å². The maximum atomic E-state index is 11.0. The first-order valence-electron chi connectivity index (χ1n) is 6.47. The van der Waals surface area contributed by atoms with Crippen molar-refractivity contribution in [1.82, 2.24) is 19.3 Å². The third-order valence-electron chi connectivity index (χ3n) is 3.07. The van der Waals surface area contributed by atoms with Crippen LogP contribution in [0.5, 0.6) is 0 Å².